The average Bonchev–Trinajstić information content (AvgIpc) is 2.66. The van der Waals surface area contributed by atoms with E-state index < -0.39 is 23.9 Å². The number of rotatable bonds is 6. The van der Waals surface area contributed by atoms with Crippen molar-refractivity contribution in [2.24, 2.45) is 0 Å². The van der Waals surface area contributed by atoms with Gasteiger partial charge in [0.1, 0.15) is 11.5 Å². The average molecular weight is 394 g/mol. The van der Waals surface area contributed by atoms with Gasteiger partial charge in [0.05, 0.1) is 0 Å². The van der Waals surface area contributed by atoms with Crippen molar-refractivity contribution in [3.05, 3.63) is 71.8 Å². The SMILES string of the molecule is CC(=O)Oc1ccc(/C=C/C(=O)OC(=O)/C=C/c2ccc(OC(C)=O)cc2)cc1. The van der Waals surface area contributed by atoms with Gasteiger partial charge in [-0.1, -0.05) is 24.3 Å². The molecule has 2 rings (SSSR count). The Morgan fingerprint density at radius 2 is 0.966 bits per heavy atom. The minimum Gasteiger partial charge on any atom is -0.427 e. The lowest BCUT2D eigenvalue weighted by atomic mass is 10.2. The van der Waals surface area contributed by atoms with Crippen LogP contribution in [-0.4, -0.2) is 23.9 Å². The Balaban J connectivity index is 1.85. The summed E-state index contributed by atoms with van der Waals surface area (Å²) in [6.07, 6.45) is 5.15. The molecule has 0 spiro atoms. The first kappa shape index (κ1) is 21.3. The fraction of sp³-hybridized carbons (Fsp3) is 0.0909. The summed E-state index contributed by atoms with van der Waals surface area (Å²) in [4.78, 5) is 45.2. The second-order valence-corrected chi connectivity index (χ2v) is 5.73. The maximum absolute atomic E-state index is 11.7. The van der Waals surface area contributed by atoms with Gasteiger partial charge in [-0.05, 0) is 47.5 Å². The van der Waals surface area contributed by atoms with Crippen molar-refractivity contribution in [1.82, 2.24) is 0 Å². The number of hydrogen-bond acceptors (Lipinski definition) is 7. The van der Waals surface area contributed by atoms with Crippen molar-refractivity contribution < 1.29 is 33.4 Å². The lowest BCUT2D eigenvalue weighted by molar-refractivity contribution is -0.152. The molecule has 148 valence electrons. The Hall–Kier alpha value is -4.00. The Labute approximate surface area is 167 Å². The maximum atomic E-state index is 11.7. The van der Waals surface area contributed by atoms with Gasteiger partial charge in [-0.25, -0.2) is 9.59 Å². The second-order valence-electron chi connectivity index (χ2n) is 5.73. The molecule has 2 aromatic rings. The Morgan fingerprint density at radius 3 is 1.28 bits per heavy atom. The summed E-state index contributed by atoms with van der Waals surface area (Å²) in [5.74, 6) is -1.73. The Kier molecular flexibility index (Phi) is 7.61. The Morgan fingerprint density at radius 1 is 0.621 bits per heavy atom. The van der Waals surface area contributed by atoms with Crippen LogP contribution in [0, 0.1) is 0 Å². The smallest absolute Gasteiger partial charge is 0.338 e. The predicted molar refractivity (Wildman–Crippen MR) is 105 cm³/mol. The molecule has 0 N–H and O–H groups in total. The van der Waals surface area contributed by atoms with E-state index in [9.17, 15) is 19.2 Å². The molecule has 0 heterocycles. The van der Waals surface area contributed by atoms with Gasteiger partial charge in [0.25, 0.3) is 0 Å². The molecule has 0 fully saturated rings. The first-order valence-electron chi connectivity index (χ1n) is 8.51. The van der Waals surface area contributed by atoms with Crippen LogP contribution in [0.25, 0.3) is 12.2 Å². The number of esters is 4. The first-order valence-corrected chi connectivity index (χ1v) is 8.51. The summed E-state index contributed by atoms with van der Waals surface area (Å²) in [6.45, 7) is 2.60. The molecule has 29 heavy (non-hydrogen) atoms. The number of ether oxygens (including phenoxy) is 3. The van der Waals surface area contributed by atoms with Gasteiger partial charge in [0, 0.05) is 26.0 Å². The maximum Gasteiger partial charge on any atom is 0.338 e. The molecule has 0 aliphatic rings. The van der Waals surface area contributed by atoms with E-state index in [1.807, 2.05) is 0 Å². The van der Waals surface area contributed by atoms with Crippen molar-refractivity contribution in [3.63, 3.8) is 0 Å². The van der Waals surface area contributed by atoms with Crippen LogP contribution < -0.4 is 9.47 Å². The number of benzene rings is 2. The van der Waals surface area contributed by atoms with Crippen LogP contribution in [0.5, 0.6) is 11.5 Å². The van der Waals surface area contributed by atoms with Crippen molar-refractivity contribution in [2.45, 2.75) is 13.8 Å². The third-order valence-electron chi connectivity index (χ3n) is 3.31. The molecule has 7 heteroatoms. The monoisotopic (exact) mass is 394 g/mol. The molecule has 0 saturated carbocycles. The van der Waals surface area contributed by atoms with E-state index in [2.05, 4.69) is 4.74 Å². The molecule has 0 atom stereocenters. The van der Waals surface area contributed by atoms with Crippen LogP contribution in [0.1, 0.15) is 25.0 Å². The largest absolute Gasteiger partial charge is 0.427 e. The van der Waals surface area contributed by atoms with Crippen LogP contribution in [-0.2, 0) is 23.9 Å². The summed E-state index contributed by atoms with van der Waals surface area (Å²) in [7, 11) is 0. The fourth-order valence-corrected chi connectivity index (χ4v) is 2.12. The van der Waals surface area contributed by atoms with E-state index in [0.29, 0.717) is 22.6 Å². The molecule has 7 nitrogen and oxygen atoms in total. The molecule has 0 aromatic heterocycles. The van der Waals surface area contributed by atoms with Crippen LogP contribution in [0.4, 0.5) is 0 Å². The number of carbonyl (C=O) groups excluding carboxylic acids is 4. The zero-order chi connectivity index (χ0) is 21.2. The van der Waals surface area contributed by atoms with Gasteiger partial charge in [-0.2, -0.15) is 0 Å². The van der Waals surface area contributed by atoms with Crippen molar-refractivity contribution in [2.75, 3.05) is 0 Å². The van der Waals surface area contributed by atoms with Gasteiger partial charge in [0.15, 0.2) is 0 Å². The second kappa shape index (κ2) is 10.4. The van der Waals surface area contributed by atoms with Gasteiger partial charge in [0.2, 0.25) is 0 Å². The zero-order valence-corrected chi connectivity index (χ0v) is 15.8. The van der Waals surface area contributed by atoms with E-state index in [1.165, 1.54) is 26.0 Å². The lowest BCUT2D eigenvalue weighted by Gasteiger charge is -2.01. The summed E-state index contributed by atoms with van der Waals surface area (Å²) in [6, 6.07) is 12.9. The molecular weight excluding hydrogens is 376 g/mol. The quantitative estimate of drug-likeness (QED) is 0.321. The van der Waals surface area contributed by atoms with E-state index in [4.69, 9.17) is 9.47 Å². The van der Waals surface area contributed by atoms with E-state index in [-0.39, 0.29) is 0 Å². The molecule has 0 saturated heterocycles. The van der Waals surface area contributed by atoms with Crippen molar-refractivity contribution in [1.29, 1.82) is 0 Å². The fourth-order valence-electron chi connectivity index (χ4n) is 2.12. The molecule has 0 aliphatic carbocycles. The standard InChI is InChI=1S/C22H18O7/c1-15(23)27-19-9-3-17(4-10-19)7-13-21(25)29-22(26)14-8-18-5-11-20(12-6-18)28-16(2)24/h3-14H,1-2H3/b13-7+,14-8+. The van der Waals surface area contributed by atoms with E-state index >= 15 is 0 Å². The van der Waals surface area contributed by atoms with Crippen LogP contribution >= 0.6 is 0 Å². The highest BCUT2D eigenvalue weighted by molar-refractivity contribution is 5.99. The zero-order valence-electron chi connectivity index (χ0n) is 15.8. The topological polar surface area (TPSA) is 96.0 Å². The van der Waals surface area contributed by atoms with Gasteiger partial charge in [-0.3, -0.25) is 9.59 Å². The van der Waals surface area contributed by atoms with Crippen molar-refractivity contribution >= 4 is 36.0 Å². The highest BCUT2D eigenvalue weighted by Crippen LogP contribution is 2.14. The molecule has 0 aliphatic heterocycles. The highest BCUT2D eigenvalue weighted by Gasteiger charge is 2.04. The Bertz CT molecular complexity index is 872. The number of carbonyl (C=O) groups is 4. The van der Waals surface area contributed by atoms with Crippen LogP contribution in [0.2, 0.25) is 0 Å². The summed E-state index contributed by atoms with van der Waals surface area (Å²) in [5, 5.41) is 0. The highest BCUT2D eigenvalue weighted by atomic mass is 16.6. The minimum absolute atomic E-state index is 0.387. The summed E-state index contributed by atoms with van der Waals surface area (Å²) in [5.41, 5.74) is 1.32. The molecule has 0 bridgehead atoms. The normalized spacial score (nSPS) is 10.7. The predicted octanol–water partition coefficient (Wildman–Crippen LogP) is 3.33. The third-order valence-corrected chi connectivity index (χ3v) is 3.31. The van der Waals surface area contributed by atoms with Gasteiger partial charge < -0.3 is 14.2 Å². The summed E-state index contributed by atoms with van der Waals surface area (Å²) >= 11 is 0. The lowest BCUT2D eigenvalue weighted by Crippen LogP contribution is -2.06. The molecule has 0 unspecified atom stereocenters. The van der Waals surface area contributed by atoms with Crippen LogP contribution in [0.15, 0.2) is 60.7 Å². The van der Waals surface area contributed by atoms with Gasteiger partial charge in [-0.15, -0.1) is 0 Å². The molecule has 2 aromatic carbocycles. The molecular formula is C22H18O7. The van der Waals surface area contributed by atoms with Crippen molar-refractivity contribution in [3.8, 4) is 11.5 Å². The van der Waals surface area contributed by atoms with Crippen LogP contribution in [0.3, 0.4) is 0 Å². The minimum atomic E-state index is -0.825. The summed E-state index contributed by atoms with van der Waals surface area (Å²) < 4.78 is 14.5. The third kappa shape index (κ3) is 8.04. The van der Waals surface area contributed by atoms with E-state index in [1.54, 1.807) is 48.5 Å². The molecule has 0 amide bonds. The number of hydrogen-bond donors (Lipinski definition) is 0. The molecule has 0 radical (unpaired) electrons. The first-order chi connectivity index (χ1) is 13.8. The van der Waals surface area contributed by atoms with E-state index in [0.717, 1.165) is 12.2 Å². The van der Waals surface area contributed by atoms with Gasteiger partial charge >= 0.3 is 23.9 Å².